The number of rotatable bonds is 3. The SMILES string of the molecule is O=C(O)C(O)C(O)C(=O)O.O=C(O)N1CCCCC1. The molecule has 1 amide bonds. The number of amides is 1. The predicted molar refractivity (Wildman–Crippen MR) is 60.7 cm³/mol. The average molecular weight is 279 g/mol. The third-order valence-corrected chi connectivity index (χ3v) is 2.43. The van der Waals surface area contributed by atoms with Crippen molar-refractivity contribution in [3.63, 3.8) is 0 Å². The van der Waals surface area contributed by atoms with Gasteiger partial charge in [0.1, 0.15) is 0 Å². The number of aliphatic carboxylic acids is 2. The Labute approximate surface area is 108 Å². The van der Waals surface area contributed by atoms with Gasteiger partial charge >= 0.3 is 18.0 Å². The Kier molecular flexibility index (Phi) is 7.46. The molecule has 0 aromatic carbocycles. The quantitative estimate of drug-likeness (QED) is 0.441. The molecule has 2 unspecified atom stereocenters. The molecule has 0 aromatic heterocycles. The minimum absolute atomic E-state index is 0.731. The first-order valence-electron chi connectivity index (χ1n) is 5.57. The average Bonchev–Trinajstić information content (AvgIpc) is 2.38. The molecule has 19 heavy (non-hydrogen) atoms. The van der Waals surface area contributed by atoms with Crippen molar-refractivity contribution in [2.75, 3.05) is 13.1 Å². The van der Waals surface area contributed by atoms with Crippen LogP contribution in [0.4, 0.5) is 4.79 Å². The van der Waals surface area contributed by atoms with E-state index < -0.39 is 30.2 Å². The van der Waals surface area contributed by atoms with E-state index in [1.165, 1.54) is 11.3 Å². The minimum atomic E-state index is -2.27. The highest BCUT2D eigenvalue weighted by Gasteiger charge is 2.29. The number of carboxylic acids is 2. The number of likely N-dealkylation sites (tertiary alicyclic amines) is 1. The van der Waals surface area contributed by atoms with Crippen molar-refractivity contribution in [2.45, 2.75) is 31.5 Å². The summed E-state index contributed by atoms with van der Waals surface area (Å²) in [6, 6.07) is 0. The number of aliphatic hydroxyl groups excluding tert-OH is 2. The van der Waals surface area contributed by atoms with Crippen LogP contribution in [0.25, 0.3) is 0 Å². The van der Waals surface area contributed by atoms with Crippen molar-refractivity contribution >= 4 is 18.0 Å². The summed E-state index contributed by atoms with van der Waals surface area (Å²) in [7, 11) is 0. The van der Waals surface area contributed by atoms with Gasteiger partial charge < -0.3 is 30.4 Å². The maximum atomic E-state index is 10.3. The highest BCUT2D eigenvalue weighted by Crippen LogP contribution is 2.07. The molecule has 1 rings (SSSR count). The lowest BCUT2D eigenvalue weighted by Crippen LogP contribution is -2.39. The molecular formula is C10H17NO8. The van der Waals surface area contributed by atoms with Gasteiger partial charge in [-0.1, -0.05) is 0 Å². The van der Waals surface area contributed by atoms with Crippen molar-refractivity contribution < 1.29 is 39.9 Å². The van der Waals surface area contributed by atoms with E-state index in [2.05, 4.69) is 0 Å². The van der Waals surface area contributed by atoms with E-state index in [0.717, 1.165) is 25.9 Å². The molecule has 9 nitrogen and oxygen atoms in total. The van der Waals surface area contributed by atoms with Gasteiger partial charge in [0.2, 0.25) is 0 Å². The minimum Gasteiger partial charge on any atom is -0.479 e. The standard InChI is InChI=1S/C6H11NO2.C4H6O6/c8-6(9)7-4-2-1-3-5-7;5-1(3(7)8)2(6)4(9)10/h1-5H2,(H,8,9);1-2,5-6H,(H,7,8)(H,9,10). The van der Waals surface area contributed by atoms with Gasteiger partial charge in [-0.15, -0.1) is 0 Å². The van der Waals surface area contributed by atoms with E-state index in [1.807, 2.05) is 0 Å². The fourth-order valence-corrected chi connectivity index (χ4v) is 1.36. The first-order chi connectivity index (χ1) is 8.77. The number of nitrogens with zero attached hydrogens (tertiary/aromatic N) is 1. The van der Waals surface area contributed by atoms with Crippen LogP contribution in [0, 0.1) is 0 Å². The van der Waals surface area contributed by atoms with Crippen LogP contribution < -0.4 is 0 Å². The van der Waals surface area contributed by atoms with Crippen molar-refractivity contribution in [2.24, 2.45) is 0 Å². The van der Waals surface area contributed by atoms with Gasteiger partial charge in [0.05, 0.1) is 0 Å². The molecule has 2 atom stereocenters. The second kappa shape index (κ2) is 8.27. The maximum Gasteiger partial charge on any atom is 0.407 e. The van der Waals surface area contributed by atoms with Gasteiger partial charge in [-0.05, 0) is 19.3 Å². The maximum absolute atomic E-state index is 10.3. The second-order valence-electron chi connectivity index (χ2n) is 3.90. The molecule has 110 valence electrons. The van der Waals surface area contributed by atoms with Crippen LogP contribution in [0.2, 0.25) is 0 Å². The number of hydrogen-bond acceptors (Lipinski definition) is 5. The van der Waals surface area contributed by atoms with Crippen LogP contribution in [0.1, 0.15) is 19.3 Å². The first kappa shape index (κ1) is 17.1. The topological polar surface area (TPSA) is 156 Å². The van der Waals surface area contributed by atoms with Crippen molar-refractivity contribution in [3.05, 3.63) is 0 Å². The van der Waals surface area contributed by atoms with E-state index in [9.17, 15) is 14.4 Å². The predicted octanol–water partition coefficient (Wildman–Crippen LogP) is -0.972. The molecule has 0 aliphatic carbocycles. The van der Waals surface area contributed by atoms with Gasteiger partial charge in [-0.3, -0.25) is 0 Å². The molecule has 1 heterocycles. The lowest BCUT2D eigenvalue weighted by atomic mass is 10.1. The van der Waals surface area contributed by atoms with E-state index in [4.69, 9.17) is 25.5 Å². The second-order valence-corrected chi connectivity index (χ2v) is 3.90. The Morgan fingerprint density at radius 3 is 1.37 bits per heavy atom. The Morgan fingerprint density at radius 1 is 0.789 bits per heavy atom. The van der Waals surface area contributed by atoms with E-state index >= 15 is 0 Å². The normalized spacial score (nSPS) is 17.7. The highest BCUT2D eigenvalue weighted by molar-refractivity contribution is 5.83. The van der Waals surface area contributed by atoms with Crippen LogP contribution >= 0.6 is 0 Å². The summed E-state index contributed by atoms with van der Waals surface area (Å²) in [6.45, 7) is 1.46. The van der Waals surface area contributed by atoms with Crippen LogP contribution in [0.15, 0.2) is 0 Å². The summed E-state index contributed by atoms with van der Waals surface area (Å²) in [6.07, 6.45) is -2.05. The summed E-state index contributed by atoms with van der Waals surface area (Å²) >= 11 is 0. The Hall–Kier alpha value is -1.87. The zero-order valence-corrected chi connectivity index (χ0v) is 10.1. The molecule has 0 aromatic rings. The number of aliphatic hydroxyl groups is 2. The lowest BCUT2D eigenvalue weighted by molar-refractivity contribution is -0.165. The Balaban J connectivity index is 0.000000342. The Morgan fingerprint density at radius 2 is 1.16 bits per heavy atom. The van der Waals surface area contributed by atoms with Gasteiger partial charge in [0.25, 0.3) is 0 Å². The fourth-order valence-electron chi connectivity index (χ4n) is 1.36. The largest absolute Gasteiger partial charge is 0.479 e. The van der Waals surface area contributed by atoms with E-state index in [1.54, 1.807) is 0 Å². The number of piperidine rings is 1. The lowest BCUT2D eigenvalue weighted by Gasteiger charge is -2.22. The monoisotopic (exact) mass is 279 g/mol. The number of hydrogen-bond donors (Lipinski definition) is 5. The molecule has 1 aliphatic heterocycles. The van der Waals surface area contributed by atoms with Crippen LogP contribution in [-0.4, -0.2) is 73.8 Å². The number of carbonyl (C=O) groups is 3. The smallest absolute Gasteiger partial charge is 0.407 e. The molecule has 1 fully saturated rings. The molecule has 0 saturated carbocycles. The van der Waals surface area contributed by atoms with Gasteiger partial charge in [-0.2, -0.15) is 0 Å². The van der Waals surface area contributed by atoms with Crippen LogP contribution in [0.5, 0.6) is 0 Å². The summed E-state index contributed by atoms with van der Waals surface area (Å²) in [5.41, 5.74) is 0. The molecule has 0 bridgehead atoms. The molecule has 1 saturated heterocycles. The van der Waals surface area contributed by atoms with Crippen molar-refractivity contribution in [3.8, 4) is 0 Å². The third-order valence-electron chi connectivity index (χ3n) is 2.43. The number of carboxylic acid groups (broad SMARTS) is 3. The summed E-state index contributed by atoms with van der Waals surface area (Å²) in [4.78, 5) is 31.3. The molecule has 0 spiro atoms. The highest BCUT2D eigenvalue weighted by atomic mass is 16.4. The van der Waals surface area contributed by atoms with Crippen molar-refractivity contribution in [1.29, 1.82) is 0 Å². The molecule has 9 heteroatoms. The fraction of sp³-hybridized carbons (Fsp3) is 0.700. The van der Waals surface area contributed by atoms with Crippen LogP contribution in [-0.2, 0) is 9.59 Å². The van der Waals surface area contributed by atoms with Gasteiger partial charge in [0.15, 0.2) is 12.2 Å². The summed E-state index contributed by atoms with van der Waals surface area (Å²) in [5, 5.41) is 41.0. The molecular weight excluding hydrogens is 262 g/mol. The summed E-state index contributed by atoms with van der Waals surface area (Å²) < 4.78 is 0. The first-order valence-corrected chi connectivity index (χ1v) is 5.57. The Bertz CT molecular complexity index is 307. The zero-order valence-electron chi connectivity index (χ0n) is 10.1. The molecule has 0 radical (unpaired) electrons. The molecule has 1 aliphatic rings. The van der Waals surface area contributed by atoms with Crippen molar-refractivity contribution in [1.82, 2.24) is 4.90 Å². The van der Waals surface area contributed by atoms with Gasteiger partial charge in [-0.25, -0.2) is 14.4 Å². The molecule has 5 N–H and O–H groups in total. The summed E-state index contributed by atoms with van der Waals surface area (Å²) in [5.74, 6) is -3.54. The van der Waals surface area contributed by atoms with Gasteiger partial charge in [0, 0.05) is 13.1 Å². The van der Waals surface area contributed by atoms with E-state index in [0.29, 0.717) is 0 Å². The van der Waals surface area contributed by atoms with Crippen LogP contribution in [0.3, 0.4) is 0 Å². The third kappa shape index (κ3) is 6.58. The zero-order chi connectivity index (χ0) is 15.0. The van der Waals surface area contributed by atoms with E-state index in [-0.39, 0.29) is 0 Å².